The molecule has 0 saturated heterocycles. The maximum atomic E-state index is 12.2. The van der Waals surface area contributed by atoms with Gasteiger partial charge in [0.1, 0.15) is 5.75 Å². The lowest BCUT2D eigenvalue weighted by atomic mass is 10.1. The van der Waals surface area contributed by atoms with Crippen LogP contribution in [0.3, 0.4) is 0 Å². The average molecular weight is 361 g/mol. The zero-order valence-electron chi connectivity index (χ0n) is 14.6. The zero-order chi connectivity index (χ0) is 18.3. The van der Waals surface area contributed by atoms with E-state index in [9.17, 15) is 8.42 Å². The molecule has 0 amide bonds. The summed E-state index contributed by atoms with van der Waals surface area (Å²) >= 11 is 0. The minimum atomic E-state index is -3.57. The number of nitrogens with one attached hydrogen (secondary N) is 1. The summed E-state index contributed by atoms with van der Waals surface area (Å²) in [5.41, 5.74) is 2.74. The Bertz CT molecular complexity index is 814. The van der Waals surface area contributed by atoms with Gasteiger partial charge >= 0.3 is 0 Å². The number of methoxy groups -OCH3 is 2. The Morgan fingerprint density at radius 2 is 1.76 bits per heavy atom. The Labute approximate surface area is 149 Å². The van der Waals surface area contributed by atoms with E-state index in [0.29, 0.717) is 5.75 Å². The van der Waals surface area contributed by atoms with Crippen molar-refractivity contribution in [3.63, 3.8) is 0 Å². The molecule has 0 aromatic heterocycles. The second-order valence-corrected chi connectivity index (χ2v) is 7.22. The second kappa shape index (κ2) is 8.80. The standard InChI is InChI=1S/C19H23NO4S/c1-15-8-10-16(11-9-15)12-13-25(21,22)20-14-19(24-3)17-6-4-5-7-18(17)23-2/h4-13,19-20H,14H2,1-3H3. The second-order valence-electron chi connectivity index (χ2n) is 5.57. The molecule has 2 rings (SSSR count). The number of ether oxygens (including phenoxy) is 2. The Balaban J connectivity index is 2.05. The molecule has 0 aliphatic carbocycles. The third kappa shape index (κ3) is 5.70. The van der Waals surface area contributed by atoms with Gasteiger partial charge in [0.25, 0.3) is 0 Å². The Kier molecular flexibility index (Phi) is 6.75. The molecular weight excluding hydrogens is 338 g/mol. The van der Waals surface area contributed by atoms with E-state index in [0.717, 1.165) is 22.1 Å². The Hall–Kier alpha value is -2.15. The van der Waals surface area contributed by atoms with E-state index >= 15 is 0 Å². The molecule has 0 saturated carbocycles. The van der Waals surface area contributed by atoms with Crippen LogP contribution in [0.1, 0.15) is 22.8 Å². The van der Waals surface area contributed by atoms with E-state index in [1.54, 1.807) is 13.2 Å². The number of hydrogen-bond donors (Lipinski definition) is 1. The van der Waals surface area contributed by atoms with Crippen molar-refractivity contribution < 1.29 is 17.9 Å². The van der Waals surface area contributed by atoms with Crippen molar-refractivity contribution in [2.75, 3.05) is 20.8 Å². The summed E-state index contributed by atoms with van der Waals surface area (Å²) in [6.07, 6.45) is 1.12. The molecule has 0 radical (unpaired) electrons. The third-order valence-electron chi connectivity index (χ3n) is 3.76. The van der Waals surface area contributed by atoms with Gasteiger partial charge in [-0.05, 0) is 24.6 Å². The first kappa shape index (κ1) is 19.2. The predicted molar refractivity (Wildman–Crippen MR) is 99.9 cm³/mol. The van der Waals surface area contributed by atoms with Crippen molar-refractivity contribution in [1.82, 2.24) is 4.72 Å². The number of para-hydroxylation sites is 1. The van der Waals surface area contributed by atoms with Crippen molar-refractivity contribution in [3.05, 3.63) is 70.6 Å². The molecule has 0 heterocycles. The summed E-state index contributed by atoms with van der Waals surface area (Å²) in [4.78, 5) is 0. The highest BCUT2D eigenvalue weighted by atomic mass is 32.2. The van der Waals surface area contributed by atoms with Crippen LogP contribution in [-0.4, -0.2) is 29.2 Å². The zero-order valence-corrected chi connectivity index (χ0v) is 15.4. The van der Waals surface area contributed by atoms with Crippen molar-refractivity contribution in [2.24, 2.45) is 0 Å². The lowest BCUT2D eigenvalue weighted by molar-refractivity contribution is 0.105. The average Bonchev–Trinajstić information content (AvgIpc) is 2.62. The minimum absolute atomic E-state index is 0.109. The first-order valence-corrected chi connectivity index (χ1v) is 9.40. The summed E-state index contributed by atoms with van der Waals surface area (Å²) in [5, 5.41) is 1.16. The van der Waals surface area contributed by atoms with Crippen LogP contribution in [0.4, 0.5) is 0 Å². The van der Waals surface area contributed by atoms with Gasteiger partial charge in [-0.25, -0.2) is 13.1 Å². The predicted octanol–water partition coefficient (Wildman–Crippen LogP) is 3.28. The highest BCUT2D eigenvalue weighted by Gasteiger charge is 2.17. The molecule has 134 valence electrons. The van der Waals surface area contributed by atoms with Gasteiger partial charge in [0, 0.05) is 24.6 Å². The Morgan fingerprint density at radius 3 is 2.40 bits per heavy atom. The molecule has 0 aliphatic rings. The molecule has 0 fully saturated rings. The Morgan fingerprint density at radius 1 is 1.08 bits per heavy atom. The highest BCUT2D eigenvalue weighted by molar-refractivity contribution is 7.92. The van der Waals surface area contributed by atoms with Gasteiger partial charge in [0.2, 0.25) is 10.0 Å². The topological polar surface area (TPSA) is 64.6 Å². The molecule has 6 heteroatoms. The minimum Gasteiger partial charge on any atom is -0.496 e. The van der Waals surface area contributed by atoms with Crippen molar-refractivity contribution in [1.29, 1.82) is 0 Å². The summed E-state index contributed by atoms with van der Waals surface area (Å²) in [6, 6.07) is 15.0. The maximum Gasteiger partial charge on any atom is 0.233 e. The van der Waals surface area contributed by atoms with Gasteiger partial charge in [-0.2, -0.15) is 0 Å². The lowest BCUT2D eigenvalue weighted by Crippen LogP contribution is -2.27. The number of sulfonamides is 1. The van der Waals surface area contributed by atoms with Crippen LogP contribution < -0.4 is 9.46 Å². The smallest absolute Gasteiger partial charge is 0.233 e. The van der Waals surface area contributed by atoms with Crippen LogP contribution in [0.2, 0.25) is 0 Å². The SMILES string of the molecule is COc1ccccc1C(CNS(=O)(=O)C=Cc1ccc(C)cc1)OC. The molecule has 0 spiro atoms. The number of aryl methyl sites for hydroxylation is 1. The summed E-state index contributed by atoms with van der Waals surface area (Å²) in [5.74, 6) is 0.656. The van der Waals surface area contributed by atoms with Gasteiger partial charge in [-0.3, -0.25) is 0 Å². The van der Waals surface area contributed by atoms with Crippen LogP contribution >= 0.6 is 0 Å². The molecule has 2 aromatic rings. The summed E-state index contributed by atoms with van der Waals surface area (Å²) in [6.45, 7) is 2.09. The van der Waals surface area contributed by atoms with Crippen LogP contribution in [0, 0.1) is 6.92 Å². The van der Waals surface area contributed by atoms with Gasteiger partial charge < -0.3 is 9.47 Å². The molecule has 1 N–H and O–H groups in total. The van der Waals surface area contributed by atoms with Crippen LogP contribution in [-0.2, 0) is 14.8 Å². The fraction of sp³-hybridized carbons (Fsp3) is 0.263. The summed E-state index contributed by atoms with van der Waals surface area (Å²) in [7, 11) is -0.469. The normalized spacial score (nSPS) is 13.1. The fourth-order valence-electron chi connectivity index (χ4n) is 2.34. The number of rotatable bonds is 8. The molecule has 0 aliphatic heterocycles. The van der Waals surface area contributed by atoms with Crippen molar-refractivity contribution in [3.8, 4) is 5.75 Å². The third-order valence-corrected chi connectivity index (χ3v) is 4.82. The molecule has 1 atom stereocenters. The fourth-order valence-corrected chi connectivity index (χ4v) is 3.15. The van der Waals surface area contributed by atoms with Crippen molar-refractivity contribution >= 4 is 16.1 Å². The van der Waals surface area contributed by atoms with Gasteiger partial charge in [-0.15, -0.1) is 0 Å². The molecule has 5 nitrogen and oxygen atoms in total. The highest BCUT2D eigenvalue weighted by Crippen LogP contribution is 2.26. The first-order chi connectivity index (χ1) is 11.9. The quantitative estimate of drug-likeness (QED) is 0.784. The van der Waals surface area contributed by atoms with E-state index in [1.165, 1.54) is 7.11 Å². The van der Waals surface area contributed by atoms with E-state index in [1.807, 2.05) is 55.5 Å². The molecule has 25 heavy (non-hydrogen) atoms. The lowest BCUT2D eigenvalue weighted by Gasteiger charge is -2.18. The molecule has 1 unspecified atom stereocenters. The van der Waals surface area contributed by atoms with E-state index < -0.39 is 16.1 Å². The van der Waals surface area contributed by atoms with Gasteiger partial charge in [0.15, 0.2) is 0 Å². The monoisotopic (exact) mass is 361 g/mol. The van der Waals surface area contributed by atoms with E-state index in [-0.39, 0.29) is 6.54 Å². The summed E-state index contributed by atoms with van der Waals surface area (Å²) < 4.78 is 37.7. The maximum absolute atomic E-state index is 12.2. The number of benzene rings is 2. The van der Waals surface area contributed by atoms with Crippen LogP contribution in [0.25, 0.3) is 6.08 Å². The molecule has 0 bridgehead atoms. The molecular formula is C19H23NO4S. The van der Waals surface area contributed by atoms with E-state index in [4.69, 9.17) is 9.47 Å². The number of hydrogen-bond acceptors (Lipinski definition) is 4. The van der Waals surface area contributed by atoms with Crippen molar-refractivity contribution in [2.45, 2.75) is 13.0 Å². The van der Waals surface area contributed by atoms with Crippen LogP contribution in [0.15, 0.2) is 53.9 Å². The largest absolute Gasteiger partial charge is 0.496 e. The van der Waals surface area contributed by atoms with E-state index in [2.05, 4.69) is 4.72 Å². The molecule has 2 aromatic carbocycles. The van der Waals surface area contributed by atoms with Gasteiger partial charge in [-0.1, -0.05) is 48.0 Å². The first-order valence-electron chi connectivity index (χ1n) is 7.85. The van der Waals surface area contributed by atoms with Gasteiger partial charge in [0.05, 0.1) is 13.2 Å². The van der Waals surface area contributed by atoms with Crippen LogP contribution in [0.5, 0.6) is 5.75 Å².